The number of benzene rings is 1. The lowest BCUT2D eigenvalue weighted by molar-refractivity contribution is -0.286. The number of likely N-dealkylation sites (tertiary alicyclic amines) is 1. The molecule has 0 radical (unpaired) electrons. The van der Waals surface area contributed by atoms with Gasteiger partial charge in [0.1, 0.15) is 5.52 Å². The second kappa shape index (κ2) is 5.81. The van der Waals surface area contributed by atoms with Crippen molar-refractivity contribution >= 4 is 22.5 Å². The molecule has 29 heavy (non-hydrogen) atoms. The van der Waals surface area contributed by atoms with Crippen molar-refractivity contribution < 1.29 is 27.0 Å². The number of nitrogens with zero attached hydrogens (tertiary/aromatic N) is 5. The summed E-state index contributed by atoms with van der Waals surface area (Å²) in [7, 11) is 0. The first-order chi connectivity index (χ1) is 13.6. The second-order valence-electron chi connectivity index (χ2n) is 7.24. The number of hydrogen-bond donors (Lipinski definition) is 1. The van der Waals surface area contributed by atoms with E-state index in [0.29, 0.717) is 18.4 Å². The molecule has 1 aromatic carbocycles. The minimum atomic E-state index is -3.80. The quantitative estimate of drug-likeness (QED) is 0.647. The van der Waals surface area contributed by atoms with Crippen LogP contribution >= 0.6 is 0 Å². The van der Waals surface area contributed by atoms with Crippen LogP contribution in [0.2, 0.25) is 0 Å². The monoisotopic (exact) mass is 412 g/mol. The Morgan fingerprint density at radius 3 is 2.72 bits per heavy atom. The normalized spacial score (nSPS) is 21.7. The molecule has 2 N–H and O–H groups in total. The topological polar surface area (TPSA) is 90.8 Å². The number of hydrogen-bond acceptors (Lipinski definition) is 7. The van der Waals surface area contributed by atoms with Gasteiger partial charge in [-0.05, 0) is 32.0 Å². The van der Waals surface area contributed by atoms with E-state index in [4.69, 9.17) is 5.73 Å². The van der Waals surface area contributed by atoms with Crippen molar-refractivity contribution in [2.75, 3.05) is 18.8 Å². The Bertz CT molecular complexity index is 1130. The molecule has 0 saturated carbocycles. The molecule has 1 fully saturated rings. The number of ether oxygens (including phenoxy) is 2. The van der Waals surface area contributed by atoms with Crippen LogP contribution in [0.5, 0.6) is 11.5 Å². The van der Waals surface area contributed by atoms with Crippen LogP contribution < -0.4 is 15.2 Å². The third kappa shape index (κ3) is 2.89. The first-order valence-corrected chi connectivity index (χ1v) is 9.00. The maximum Gasteiger partial charge on any atom is 0.586 e. The van der Waals surface area contributed by atoms with Crippen molar-refractivity contribution in [1.82, 2.24) is 24.5 Å². The molecule has 3 aromatic rings. The minimum Gasteiger partial charge on any atom is -0.395 e. The number of alkyl halides is 4. The summed E-state index contributed by atoms with van der Waals surface area (Å²) in [5.41, 5.74) is 6.27. The summed E-state index contributed by atoms with van der Waals surface area (Å²) in [6.07, 6.45) is -3.57. The zero-order valence-electron chi connectivity index (χ0n) is 15.2. The van der Waals surface area contributed by atoms with E-state index in [1.54, 1.807) is 11.8 Å². The summed E-state index contributed by atoms with van der Waals surface area (Å²) >= 11 is 0. The maximum absolute atomic E-state index is 13.8. The highest BCUT2D eigenvalue weighted by molar-refractivity contribution is 5.97. The number of piperidine rings is 1. The number of aromatic nitrogens is 4. The van der Waals surface area contributed by atoms with Gasteiger partial charge in [0.15, 0.2) is 23.0 Å². The van der Waals surface area contributed by atoms with Crippen molar-refractivity contribution in [3.8, 4) is 11.5 Å². The molecule has 2 aromatic heterocycles. The van der Waals surface area contributed by atoms with Gasteiger partial charge in [0.05, 0.1) is 12.6 Å². The first kappa shape index (κ1) is 18.2. The largest absolute Gasteiger partial charge is 0.586 e. The summed E-state index contributed by atoms with van der Waals surface area (Å²) in [5.74, 6) is -2.99. The lowest BCUT2D eigenvalue weighted by Gasteiger charge is -2.35. The van der Waals surface area contributed by atoms with Crippen LogP contribution in [0.3, 0.4) is 0 Å². The smallest absolute Gasteiger partial charge is 0.395 e. The fourth-order valence-corrected chi connectivity index (χ4v) is 3.78. The van der Waals surface area contributed by atoms with Crippen LogP contribution in [0.15, 0.2) is 12.1 Å². The second-order valence-corrected chi connectivity index (χ2v) is 7.24. The molecule has 0 amide bonds. The van der Waals surface area contributed by atoms with Gasteiger partial charge in [-0.3, -0.25) is 4.90 Å². The van der Waals surface area contributed by atoms with E-state index in [1.807, 2.05) is 0 Å². The van der Waals surface area contributed by atoms with Crippen molar-refractivity contribution in [3.05, 3.63) is 18.0 Å². The Morgan fingerprint density at radius 2 is 1.97 bits per heavy atom. The van der Waals surface area contributed by atoms with E-state index in [2.05, 4.69) is 24.5 Å². The molecule has 4 heterocycles. The Morgan fingerprint density at radius 1 is 1.17 bits per heavy atom. The first-order valence-electron chi connectivity index (χ1n) is 9.00. The van der Waals surface area contributed by atoms with Crippen molar-refractivity contribution in [2.24, 2.45) is 0 Å². The highest BCUT2D eigenvalue weighted by Gasteiger charge is 2.45. The lowest BCUT2D eigenvalue weighted by atomic mass is 10.1. The number of fused-ring (bicyclic) bond motifs is 5. The van der Waals surface area contributed by atoms with E-state index < -0.39 is 18.3 Å². The molecule has 1 atom stereocenters. The molecule has 2 aliphatic heterocycles. The van der Waals surface area contributed by atoms with E-state index in [-0.39, 0.29) is 47.4 Å². The Balaban J connectivity index is 1.60. The average molecular weight is 412 g/mol. The van der Waals surface area contributed by atoms with Crippen LogP contribution in [0, 0.1) is 0 Å². The van der Waals surface area contributed by atoms with E-state index >= 15 is 0 Å². The Labute approximate surface area is 161 Å². The van der Waals surface area contributed by atoms with E-state index in [9.17, 15) is 17.6 Å². The van der Waals surface area contributed by atoms with E-state index in [1.165, 1.54) is 16.6 Å². The number of anilines is 1. The number of halogens is 4. The average Bonchev–Trinajstić information content (AvgIpc) is 3.21. The molecule has 0 aliphatic carbocycles. The van der Waals surface area contributed by atoms with Gasteiger partial charge in [-0.2, -0.15) is 4.52 Å². The third-order valence-electron chi connectivity index (χ3n) is 5.20. The molecule has 5 rings (SSSR count). The van der Waals surface area contributed by atoms with E-state index in [0.717, 1.165) is 0 Å². The van der Waals surface area contributed by atoms with Crippen LogP contribution in [-0.4, -0.2) is 49.8 Å². The van der Waals surface area contributed by atoms with Gasteiger partial charge in [0, 0.05) is 11.8 Å². The molecule has 1 saturated heterocycles. The number of nitrogen functional groups attached to an aromatic ring is 1. The van der Waals surface area contributed by atoms with Gasteiger partial charge in [-0.25, -0.2) is 18.7 Å². The molecule has 8 nitrogen and oxygen atoms in total. The molecule has 0 unspecified atom stereocenters. The van der Waals surface area contributed by atoms with Gasteiger partial charge in [0.2, 0.25) is 5.95 Å². The summed E-state index contributed by atoms with van der Waals surface area (Å²) in [6.45, 7) is 1.84. The number of nitrogens with two attached hydrogens (primary N) is 1. The molecule has 154 valence electrons. The van der Waals surface area contributed by atoms with Gasteiger partial charge in [-0.1, -0.05) is 0 Å². The van der Waals surface area contributed by atoms with Gasteiger partial charge >= 0.3 is 6.29 Å². The zero-order valence-corrected chi connectivity index (χ0v) is 15.2. The SMILES string of the molecule is C[C@H](c1nc2c3ccc4c(c3nc(N)n2n1)OC(F)(F)O4)N1CCCC(F)(F)C1. The summed E-state index contributed by atoms with van der Waals surface area (Å²) < 4.78 is 64.8. The predicted octanol–water partition coefficient (Wildman–Crippen LogP) is 2.97. The highest BCUT2D eigenvalue weighted by Crippen LogP contribution is 2.45. The minimum absolute atomic E-state index is 0.0563. The molecule has 0 spiro atoms. The standard InChI is InChI=1S/C17H16F4N6O2/c1-8(26-6-2-5-16(18,19)7-26)13-24-14-9-3-4-10-12(29-17(20,21)28-10)11(9)23-15(22)27(14)25-13/h3-4,8H,2,5-7H2,1H3,(H2,22,23)/t8-/m1/s1. The predicted molar refractivity (Wildman–Crippen MR) is 93.1 cm³/mol. The van der Waals surface area contributed by atoms with Gasteiger partial charge in [0.25, 0.3) is 5.92 Å². The third-order valence-corrected chi connectivity index (χ3v) is 5.20. The summed E-state index contributed by atoms with van der Waals surface area (Å²) in [6, 6.07) is 2.33. The molecule has 12 heteroatoms. The fourth-order valence-electron chi connectivity index (χ4n) is 3.78. The zero-order chi connectivity index (χ0) is 20.6. The van der Waals surface area contributed by atoms with Crippen LogP contribution in [0.1, 0.15) is 31.6 Å². The highest BCUT2D eigenvalue weighted by atomic mass is 19.3. The molecular formula is C17H16F4N6O2. The summed E-state index contributed by atoms with van der Waals surface area (Å²) in [5, 5.41) is 4.69. The number of rotatable bonds is 2. The van der Waals surface area contributed by atoms with Crippen LogP contribution in [-0.2, 0) is 0 Å². The lowest BCUT2D eigenvalue weighted by Crippen LogP contribution is -2.43. The van der Waals surface area contributed by atoms with Gasteiger partial charge in [-0.15, -0.1) is 13.9 Å². The van der Waals surface area contributed by atoms with Crippen LogP contribution in [0.25, 0.3) is 16.6 Å². The van der Waals surface area contributed by atoms with Crippen molar-refractivity contribution in [3.63, 3.8) is 0 Å². The Kier molecular flexibility index (Phi) is 3.64. The van der Waals surface area contributed by atoms with Gasteiger partial charge < -0.3 is 15.2 Å². The van der Waals surface area contributed by atoms with Crippen molar-refractivity contribution in [2.45, 2.75) is 38.0 Å². The van der Waals surface area contributed by atoms with Crippen molar-refractivity contribution in [1.29, 1.82) is 0 Å². The molecule has 2 aliphatic rings. The molecule has 0 bridgehead atoms. The Hall–Kier alpha value is -2.89. The fraction of sp³-hybridized carbons (Fsp3) is 0.471. The summed E-state index contributed by atoms with van der Waals surface area (Å²) in [4.78, 5) is 10.2. The maximum atomic E-state index is 13.8. The van der Waals surface area contributed by atoms with Crippen LogP contribution in [0.4, 0.5) is 23.5 Å². The molecular weight excluding hydrogens is 396 g/mol.